The zero-order valence-corrected chi connectivity index (χ0v) is 16.7. The Balaban J connectivity index is 1.36. The lowest BCUT2D eigenvalue weighted by Crippen LogP contribution is -2.49. The third-order valence-electron chi connectivity index (χ3n) is 5.18. The van der Waals surface area contributed by atoms with Crippen LogP contribution in [0.2, 0.25) is 0 Å². The summed E-state index contributed by atoms with van der Waals surface area (Å²) in [6, 6.07) is 11.7. The molecule has 148 valence electrons. The van der Waals surface area contributed by atoms with E-state index in [1.807, 2.05) is 17.0 Å². The van der Waals surface area contributed by atoms with Gasteiger partial charge in [-0.05, 0) is 55.3 Å². The fraction of sp³-hybridized carbons (Fsp3) is 0.273. The van der Waals surface area contributed by atoms with Crippen molar-refractivity contribution in [2.45, 2.75) is 13.8 Å². The summed E-state index contributed by atoms with van der Waals surface area (Å²) in [4.78, 5) is 29.6. The maximum atomic E-state index is 12.8. The van der Waals surface area contributed by atoms with Crippen LogP contribution in [0.1, 0.15) is 21.6 Å². The molecular weight excluding hydrogens is 364 g/mol. The van der Waals surface area contributed by atoms with Gasteiger partial charge in [0.2, 0.25) is 5.95 Å². The van der Waals surface area contributed by atoms with Crippen molar-refractivity contribution in [2.24, 2.45) is 0 Å². The predicted molar refractivity (Wildman–Crippen MR) is 114 cm³/mol. The normalized spacial score (nSPS) is 14.0. The van der Waals surface area contributed by atoms with E-state index in [0.29, 0.717) is 37.8 Å². The van der Waals surface area contributed by atoms with Gasteiger partial charge in [0.05, 0.1) is 11.9 Å². The smallest absolute Gasteiger partial charge is 0.272 e. The highest BCUT2D eigenvalue weighted by Gasteiger charge is 2.24. The van der Waals surface area contributed by atoms with Crippen LogP contribution in [0.5, 0.6) is 0 Å². The molecular formula is C22H24N6O. The van der Waals surface area contributed by atoms with E-state index in [-0.39, 0.29) is 5.91 Å². The topological polar surface area (TPSA) is 74.2 Å². The molecule has 4 rings (SSSR count). The summed E-state index contributed by atoms with van der Waals surface area (Å²) < 4.78 is 0. The van der Waals surface area contributed by atoms with Crippen molar-refractivity contribution in [1.82, 2.24) is 19.9 Å². The summed E-state index contributed by atoms with van der Waals surface area (Å²) in [5, 5.41) is 3.33. The molecule has 0 radical (unpaired) electrons. The van der Waals surface area contributed by atoms with Crippen LogP contribution in [0.25, 0.3) is 0 Å². The standard InChI is InChI=1S/C22H24N6O/c1-16-4-5-18(14-17(16)2)26-19-6-7-20(25-15-19)21(29)27-10-12-28(13-11-27)22-23-8-3-9-24-22/h3-9,14-15,26H,10-13H2,1-2H3. The van der Waals surface area contributed by atoms with Gasteiger partial charge in [-0.15, -0.1) is 0 Å². The Hall–Kier alpha value is -3.48. The number of nitrogens with zero attached hydrogens (tertiary/aromatic N) is 5. The number of hydrogen-bond acceptors (Lipinski definition) is 6. The number of pyridine rings is 1. The average molecular weight is 388 g/mol. The first-order valence-electron chi connectivity index (χ1n) is 9.72. The number of aryl methyl sites for hydroxylation is 2. The molecule has 3 heterocycles. The number of benzene rings is 1. The molecule has 0 aliphatic carbocycles. The van der Waals surface area contributed by atoms with Gasteiger partial charge in [0.25, 0.3) is 5.91 Å². The largest absolute Gasteiger partial charge is 0.354 e. The van der Waals surface area contributed by atoms with E-state index in [2.05, 4.69) is 51.1 Å². The third kappa shape index (κ3) is 4.34. The van der Waals surface area contributed by atoms with Crippen molar-refractivity contribution in [1.29, 1.82) is 0 Å². The maximum Gasteiger partial charge on any atom is 0.272 e. The van der Waals surface area contributed by atoms with Crippen molar-refractivity contribution in [2.75, 3.05) is 36.4 Å². The van der Waals surface area contributed by atoms with Gasteiger partial charge in [-0.25, -0.2) is 15.0 Å². The molecule has 1 aliphatic rings. The van der Waals surface area contributed by atoms with Crippen molar-refractivity contribution in [3.05, 3.63) is 71.8 Å². The number of amides is 1. The quantitative estimate of drug-likeness (QED) is 0.740. The van der Waals surface area contributed by atoms with Crippen LogP contribution in [0, 0.1) is 13.8 Å². The zero-order valence-electron chi connectivity index (χ0n) is 16.7. The fourth-order valence-electron chi connectivity index (χ4n) is 3.31. The van der Waals surface area contributed by atoms with Crippen LogP contribution in [-0.2, 0) is 0 Å². The first-order chi connectivity index (χ1) is 14.1. The lowest BCUT2D eigenvalue weighted by Gasteiger charge is -2.34. The summed E-state index contributed by atoms with van der Waals surface area (Å²) >= 11 is 0. The Labute approximate surface area is 170 Å². The van der Waals surface area contributed by atoms with Gasteiger partial charge in [-0.1, -0.05) is 6.07 Å². The minimum absolute atomic E-state index is 0.0450. The van der Waals surface area contributed by atoms with Crippen LogP contribution in [0.3, 0.4) is 0 Å². The minimum atomic E-state index is -0.0450. The van der Waals surface area contributed by atoms with E-state index >= 15 is 0 Å². The fourth-order valence-corrected chi connectivity index (χ4v) is 3.31. The number of piperazine rings is 1. The molecule has 1 N–H and O–H groups in total. The Kier molecular flexibility index (Phi) is 5.37. The number of hydrogen-bond donors (Lipinski definition) is 1. The van der Waals surface area contributed by atoms with Gasteiger partial charge >= 0.3 is 0 Å². The lowest BCUT2D eigenvalue weighted by molar-refractivity contribution is 0.0740. The third-order valence-corrected chi connectivity index (χ3v) is 5.18. The second-order valence-electron chi connectivity index (χ2n) is 7.18. The monoisotopic (exact) mass is 388 g/mol. The SMILES string of the molecule is Cc1ccc(Nc2ccc(C(=O)N3CCN(c4ncccn4)CC3)nc2)cc1C. The molecule has 1 amide bonds. The predicted octanol–water partition coefficient (Wildman–Crippen LogP) is 3.19. The molecule has 1 aromatic carbocycles. The van der Waals surface area contributed by atoms with Crippen LogP contribution >= 0.6 is 0 Å². The molecule has 7 nitrogen and oxygen atoms in total. The van der Waals surface area contributed by atoms with Gasteiger partial charge in [0, 0.05) is 44.3 Å². The summed E-state index contributed by atoms with van der Waals surface area (Å²) in [6.45, 7) is 6.85. The molecule has 29 heavy (non-hydrogen) atoms. The summed E-state index contributed by atoms with van der Waals surface area (Å²) in [6.07, 6.45) is 5.17. The van der Waals surface area contributed by atoms with E-state index < -0.39 is 0 Å². The molecule has 7 heteroatoms. The first-order valence-corrected chi connectivity index (χ1v) is 9.72. The van der Waals surface area contributed by atoms with Crippen LogP contribution in [0.4, 0.5) is 17.3 Å². The number of aromatic nitrogens is 3. The van der Waals surface area contributed by atoms with Crippen molar-refractivity contribution < 1.29 is 4.79 Å². The van der Waals surface area contributed by atoms with Crippen LogP contribution in [-0.4, -0.2) is 51.9 Å². The molecule has 0 atom stereocenters. The summed E-state index contributed by atoms with van der Waals surface area (Å²) in [5.74, 6) is 0.663. The first kappa shape index (κ1) is 18.9. The van der Waals surface area contributed by atoms with E-state index in [0.717, 1.165) is 11.4 Å². The van der Waals surface area contributed by atoms with Crippen LogP contribution < -0.4 is 10.2 Å². The average Bonchev–Trinajstić information content (AvgIpc) is 2.77. The second kappa shape index (κ2) is 8.26. The molecule has 0 spiro atoms. The number of nitrogens with one attached hydrogen (secondary N) is 1. The molecule has 1 aliphatic heterocycles. The molecule has 0 bridgehead atoms. The zero-order chi connectivity index (χ0) is 20.2. The summed E-state index contributed by atoms with van der Waals surface area (Å²) in [5.41, 5.74) is 4.81. The van der Waals surface area contributed by atoms with Crippen molar-refractivity contribution in [3.63, 3.8) is 0 Å². The number of carbonyl (C=O) groups is 1. The maximum absolute atomic E-state index is 12.8. The summed E-state index contributed by atoms with van der Waals surface area (Å²) in [7, 11) is 0. The Morgan fingerprint density at radius 2 is 1.62 bits per heavy atom. The number of rotatable bonds is 4. The number of carbonyl (C=O) groups excluding carboxylic acids is 1. The van der Waals surface area contributed by atoms with Crippen molar-refractivity contribution in [3.8, 4) is 0 Å². The highest BCUT2D eigenvalue weighted by atomic mass is 16.2. The molecule has 2 aromatic heterocycles. The van der Waals surface area contributed by atoms with Gasteiger partial charge < -0.3 is 15.1 Å². The van der Waals surface area contributed by atoms with Gasteiger partial charge in [0.15, 0.2) is 0 Å². The number of anilines is 3. The van der Waals surface area contributed by atoms with E-state index in [9.17, 15) is 4.79 Å². The molecule has 3 aromatic rings. The van der Waals surface area contributed by atoms with Gasteiger partial charge in [0.1, 0.15) is 5.69 Å². The Morgan fingerprint density at radius 3 is 2.28 bits per heavy atom. The van der Waals surface area contributed by atoms with E-state index in [1.54, 1.807) is 30.7 Å². The van der Waals surface area contributed by atoms with Crippen molar-refractivity contribution >= 4 is 23.2 Å². The Bertz CT molecular complexity index is 982. The second-order valence-corrected chi connectivity index (χ2v) is 7.18. The highest BCUT2D eigenvalue weighted by Crippen LogP contribution is 2.20. The van der Waals surface area contributed by atoms with Gasteiger partial charge in [-0.2, -0.15) is 0 Å². The van der Waals surface area contributed by atoms with Gasteiger partial charge in [-0.3, -0.25) is 4.79 Å². The molecule has 1 fully saturated rings. The van der Waals surface area contributed by atoms with Crippen LogP contribution in [0.15, 0.2) is 55.0 Å². The Morgan fingerprint density at radius 1 is 0.897 bits per heavy atom. The highest BCUT2D eigenvalue weighted by molar-refractivity contribution is 5.92. The minimum Gasteiger partial charge on any atom is -0.354 e. The molecule has 1 saturated heterocycles. The lowest BCUT2D eigenvalue weighted by atomic mass is 10.1. The van der Waals surface area contributed by atoms with E-state index in [1.165, 1.54) is 11.1 Å². The van der Waals surface area contributed by atoms with E-state index in [4.69, 9.17) is 0 Å². The molecule has 0 unspecified atom stereocenters. The molecule has 0 saturated carbocycles.